The summed E-state index contributed by atoms with van der Waals surface area (Å²) in [6.45, 7) is 4.76. The Labute approximate surface area is 200 Å². The molecule has 1 aromatic carbocycles. The van der Waals surface area contributed by atoms with Crippen LogP contribution in [-0.2, 0) is 24.2 Å². The van der Waals surface area contributed by atoms with Crippen molar-refractivity contribution in [3.63, 3.8) is 0 Å². The average molecular weight is 485 g/mol. The van der Waals surface area contributed by atoms with E-state index in [1.807, 2.05) is 18.2 Å². The molecule has 0 spiro atoms. The van der Waals surface area contributed by atoms with Gasteiger partial charge in [0.15, 0.2) is 5.16 Å². The molecule has 2 amide bonds. The second kappa shape index (κ2) is 10.1. The van der Waals surface area contributed by atoms with Crippen LogP contribution in [0.4, 0.5) is 5.00 Å². The Morgan fingerprint density at radius 1 is 1.24 bits per heavy atom. The summed E-state index contributed by atoms with van der Waals surface area (Å²) in [6.07, 6.45) is 4.67. The van der Waals surface area contributed by atoms with Crippen LogP contribution >= 0.6 is 23.1 Å². The molecule has 3 aromatic rings. The molecule has 9 heteroatoms. The van der Waals surface area contributed by atoms with Gasteiger partial charge >= 0.3 is 0 Å². The number of anilines is 1. The number of carbonyl (C=O) groups excluding carboxylic acids is 2. The first-order chi connectivity index (χ1) is 15.8. The Bertz CT molecular complexity index is 1260. The van der Waals surface area contributed by atoms with Crippen LogP contribution in [0.1, 0.15) is 53.9 Å². The molecule has 1 aliphatic rings. The van der Waals surface area contributed by atoms with Crippen LogP contribution in [0, 0.1) is 5.92 Å². The van der Waals surface area contributed by atoms with E-state index >= 15 is 0 Å². The van der Waals surface area contributed by atoms with E-state index in [2.05, 4.69) is 24.1 Å². The van der Waals surface area contributed by atoms with E-state index in [1.165, 1.54) is 23.1 Å². The number of benzene rings is 1. The van der Waals surface area contributed by atoms with Gasteiger partial charge in [0.25, 0.3) is 11.5 Å². The number of para-hydroxylation sites is 1. The van der Waals surface area contributed by atoms with Crippen molar-refractivity contribution in [3.8, 4) is 0 Å². The molecule has 2 heterocycles. The molecule has 0 saturated carbocycles. The van der Waals surface area contributed by atoms with Gasteiger partial charge in [0, 0.05) is 11.4 Å². The van der Waals surface area contributed by atoms with Gasteiger partial charge in [0.05, 0.1) is 22.2 Å². The molecule has 4 rings (SSSR count). The number of aromatic nitrogens is 2. The first-order valence-corrected chi connectivity index (χ1v) is 13.0. The number of hydrogen-bond acceptors (Lipinski definition) is 6. The fourth-order valence-electron chi connectivity index (χ4n) is 4.05. The number of rotatable bonds is 8. The summed E-state index contributed by atoms with van der Waals surface area (Å²) in [5.41, 5.74) is 7.60. The van der Waals surface area contributed by atoms with Crippen LogP contribution in [0.5, 0.6) is 0 Å². The highest BCUT2D eigenvalue weighted by Gasteiger charge is 2.25. The van der Waals surface area contributed by atoms with Gasteiger partial charge in [-0.3, -0.25) is 19.0 Å². The van der Waals surface area contributed by atoms with E-state index in [-0.39, 0.29) is 17.2 Å². The smallest absolute Gasteiger partial charge is 0.262 e. The Kier molecular flexibility index (Phi) is 7.19. The lowest BCUT2D eigenvalue weighted by molar-refractivity contribution is -0.113. The monoisotopic (exact) mass is 484 g/mol. The molecule has 2 aromatic heterocycles. The number of nitrogens with two attached hydrogens (primary N) is 1. The third-order valence-electron chi connectivity index (χ3n) is 5.76. The minimum atomic E-state index is -0.504. The highest BCUT2D eigenvalue weighted by molar-refractivity contribution is 7.99. The lowest BCUT2D eigenvalue weighted by Gasteiger charge is -2.14. The molecule has 174 valence electrons. The standard InChI is InChI=1S/C24H28N4O3S2/c1-14(2)11-12-28-23(31)15-7-3-5-9-17(15)26-24(28)32-13-19(29)27-22-20(21(25)30)16-8-4-6-10-18(16)33-22/h3,5,7,9,14H,4,6,8,10-13H2,1-2H3,(H2,25,30)(H,27,29). The molecule has 0 saturated heterocycles. The zero-order valence-electron chi connectivity index (χ0n) is 18.8. The van der Waals surface area contributed by atoms with Gasteiger partial charge in [-0.1, -0.05) is 37.7 Å². The summed E-state index contributed by atoms with van der Waals surface area (Å²) < 4.78 is 1.67. The van der Waals surface area contributed by atoms with Crippen LogP contribution in [0.3, 0.4) is 0 Å². The Morgan fingerprint density at radius 2 is 2.00 bits per heavy atom. The molecular formula is C24H28N4O3S2. The molecule has 1 aliphatic carbocycles. The molecule has 0 aliphatic heterocycles. The van der Waals surface area contributed by atoms with Crippen LogP contribution in [0.15, 0.2) is 34.2 Å². The van der Waals surface area contributed by atoms with E-state index in [9.17, 15) is 14.4 Å². The SMILES string of the molecule is CC(C)CCn1c(SCC(=O)Nc2sc3c(c2C(N)=O)CCCC3)nc2ccccc2c1=O. The third kappa shape index (κ3) is 5.14. The van der Waals surface area contributed by atoms with E-state index in [0.29, 0.717) is 39.1 Å². The van der Waals surface area contributed by atoms with Crippen LogP contribution in [0.25, 0.3) is 10.9 Å². The second-order valence-electron chi connectivity index (χ2n) is 8.67. The summed E-state index contributed by atoms with van der Waals surface area (Å²) in [6, 6.07) is 7.26. The number of thioether (sulfide) groups is 1. The van der Waals surface area contributed by atoms with E-state index in [0.717, 1.165) is 42.5 Å². The summed E-state index contributed by atoms with van der Waals surface area (Å²) in [7, 11) is 0. The van der Waals surface area contributed by atoms with Crippen molar-refractivity contribution >= 4 is 50.8 Å². The van der Waals surface area contributed by atoms with Gasteiger partial charge in [-0.05, 0) is 55.7 Å². The zero-order valence-corrected chi connectivity index (χ0v) is 20.5. The Hall–Kier alpha value is -2.65. The minimum Gasteiger partial charge on any atom is -0.365 e. The van der Waals surface area contributed by atoms with Crippen LogP contribution in [0.2, 0.25) is 0 Å². The molecular weight excluding hydrogens is 456 g/mol. The Balaban J connectivity index is 1.55. The average Bonchev–Trinajstić information content (AvgIpc) is 3.15. The van der Waals surface area contributed by atoms with Gasteiger partial charge in [0.1, 0.15) is 5.00 Å². The van der Waals surface area contributed by atoms with Crippen molar-refractivity contribution in [2.75, 3.05) is 11.1 Å². The summed E-state index contributed by atoms with van der Waals surface area (Å²) in [4.78, 5) is 43.8. The number of hydrogen-bond donors (Lipinski definition) is 2. The van der Waals surface area contributed by atoms with Crippen molar-refractivity contribution in [3.05, 3.63) is 50.6 Å². The lowest BCUT2D eigenvalue weighted by atomic mass is 9.95. The van der Waals surface area contributed by atoms with Crippen molar-refractivity contribution < 1.29 is 9.59 Å². The van der Waals surface area contributed by atoms with Crippen molar-refractivity contribution in [1.82, 2.24) is 9.55 Å². The number of primary amides is 1. The predicted octanol–water partition coefficient (Wildman–Crippen LogP) is 4.21. The van der Waals surface area contributed by atoms with Crippen molar-refractivity contribution in [2.24, 2.45) is 11.7 Å². The molecule has 0 radical (unpaired) electrons. The first-order valence-electron chi connectivity index (χ1n) is 11.2. The molecule has 0 atom stereocenters. The fraction of sp³-hybridized carbons (Fsp3) is 0.417. The Morgan fingerprint density at radius 3 is 2.76 bits per heavy atom. The van der Waals surface area contributed by atoms with Gasteiger partial charge in [-0.15, -0.1) is 11.3 Å². The maximum atomic E-state index is 13.1. The molecule has 3 N–H and O–H groups in total. The number of amides is 2. The van der Waals surface area contributed by atoms with E-state index < -0.39 is 5.91 Å². The van der Waals surface area contributed by atoms with Crippen molar-refractivity contribution in [2.45, 2.75) is 57.7 Å². The van der Waals surface area contributed by atoms with E-state index in [4.69, 9.17) is 5.73 Å². The zero-order chi connectivity index (χ0) is 23.5. The maximum Gasteiger partial charge on any atom is 0.262 e. The lowest BCUT2D eigenvalue weighted by Crippen LogP contribution is -2.25. The van der Waals surface area contributed by atoms with Gasteiger partial charge in [-0.2, -0.15) is 0 Å². The molecule has 7 nitrogen and oxygen atoms in total. The molecule has 0 unspecified atom stereocenters. The molecule has 33 heavy (non-hydrogen) atoms. The molecule has 0 bridgehead atoms. The van der Waals surface area contributed by atoms with Gasteiger partial charge in [0.2, 0.25) is 5.91 Å². The number of carbonyl (C=O) groups is 2. The number of aryl methyl sites for hydroxylation is 1. The minimum absolute atomic E-state index is 0.0766. The maximum absolute atomic E-state index is 13.1. The normalized spacial score (nSPS) is 13.3. The highest BCUT2D eigenvalue weighted by atomic mass is 32.2. The second-order valence-corrected chi connectivity index (χ2v) is 10.7. The number of thiophene rings is 1. The third-order valence-corrected chi connectivity index (χ3v) is 7.94. The van der Waals surface area contributed by atoms with Crippen LogP contribution in [-0.4, -0.2) is 27.1 Å². The predicted molar refractivity (Wildman–Crippen MR) is 134 cm³/mol. The summed E-state index contributed by atoms with van der Waals surface area (Å²) >= 11 is 2.68. The molecule has 0 fully saturated rings. The summed E-state index contributed by atoms with van der Waals surface area (Å²) in [5.74, 6) is -0.246. The highest BCUT2D eigenvalue weighted by Crippen LogP contribution is 2.38. The summed E-state index contributed by atoms with van der Waals surface area (Å²) in [5, 5.41) is 4.51. The fourth-order valence-corrected chi connectivity index (χ4v) is 6.19. The van der Waals surface area contributed by atoms with Gasteiger partial charge < -0.3 is 11.1 Å². The van der Waals surface area contributed by atoms with Gasteiger partial charge in [-0.25, -0.2) is 4.98 Å². The number of fused-ring (bicyclic) bond motifs is 2. The number of nitrogens with zero attached hydrogens (tertiary/aromatic N) is 2. The quantitative estimate of drug-likeness (QED) is 0.368. The van der Waals surface area contributed by atoms with E-state index in [1.54, 1.807) is 10.6 Å². The van der Waals surface area contributed by atoms with Crippen molar-refractivity contribution in [1.29, 1.82) is 0 Å². The van der Waals surface area contributed by atoms with Crippen LogP contribution < -0.4 is 16.6 Å². The number of nitrogens with one attached hydrogen (secondary N) is 1. The largest absolute Gasteiger partial charge is 0.365 e. The first kappa shape index (κ1) is 23.5. The topological polar surface area (TPSA) is 107 Å².